The average molecular weight is 367 g/mol. The van der Waals surface area contributed by atoms with Crippen molar-refractivity contribution >= 4 is 17.4 Å². The molecule has 0 spiro atoms. The van der Waals surface area contributed by atoms with Gasteiger partial charge in [-0.15, -0.1) is 0 Å². The average Bonchev–Trinajstić information content (AvgIpc) is 2.92. The van der Waals surface area contributed by atoms with Crippen molar-refractivity contribution in [3.05, 3.63) is 59.9 Å². The molecule has 2 aliphatic rings. The Kier molecular flexibility index (Phi) is 4.73. The van der Waals surface area contributed by atoms with E-state index in [1.54, 1.807) is 41.4 Å². The van der Waals surface area contributed by atoms with E-state index >= 15 is 0 Å². The molecule has 0 bridgehead atoms. The van der Waals surface area contributed by atoms with Crippen LogP contribution in [0.1, 0.15) is 22.3 Å². The lowest BCUT2D eigenvalue weighted by Gasteiger charge is -2.31. The van der Waals surface area contributed by atoms with Crippen LogP contribution in [-0.4, -0.2) is 59.7 Å². The number of amides is 1. The Hall–Kier alpha value is -2.61. The van der Waals surface area contributed by atoms with Crippen molar-refractivity contribution in [2.45, 2.75) is 12.0 Å². The second-order valence-corrected chi connectivity index (χ2v) is 6.82. The number of fused-ring (bicyclic) bond motifs is 1. The summed E-state index contributed by atoms with van der Waals surface area (Å²) in [6.07, 6.45) is 2.71. The van der Waals surface area contributed by atoms with Crippen LogP contribution in [0.15, 0.2) is 48.8 Å². The maximum Gasteiger partial charge on any atom is 0.265 e. The molecular formula is C20H21N3O4. The zero-order valence-electron chi connectivity index (χ0n) is 14.9. The Balaban J connectivity index is 1.62. The van der Waals surface area contributed by atoms with Gasteiger partial charge < -0.3 is 9.84 Å². The second kappa shape index (κ2) is 7.19. The molecule has 2 aromatic rings. The molecule has 4 rings (SSSR count). The zero-order valence-corrected chi connectivity index (χ0v) is 14.9. The van der Waals surface area contributed by atoms with Crippen molar-refractivity contribution < 1.29 is 19.4 Å². The molecule has 7 nitrogen and oxygen atoms in total. The number of carbonyl (C=O) groups is 2. The summed E-state index contributed by atoms with van der Waals surface area (Å²) < 4.78 is 5.36. The third kappa shape index (κ3) is 3.25. The quantitative estimate of drug-likeness (QED) is 0.799. The van der Waals surface area contributed by atoms with E-state index in [2.05, 4.69) is 9.88 Å². The highest BCUT2D eigenvalue weighted by Gasteiger charge is 2.51. The molecule has 3 heterocycles. The Morgan fingerprint density at radius 1 is 1.19 bits per heavy atom. The van der Waals surface area contributed by atoms with Crippen LogP contribution < -0.4 is 4.90 Å². The third-order valence-electron chi connectivity index (χ3n) is 5.08. The van der Waals surface area contributed by atoms with E-state index in [9.17, 15) is 14.7 Å². The molecule has 2 aliphatic heterocycles. The second-order valence-electron chi connectivity index (χ2n) is 6.82. The highest BCUT2D eigenvalue weighted by Crippen LogP contribution is 2.42. The van der Waals surface area contributed by atoms with E-state index in [-0.39, 0.29) is 12.2 Å². The first kappa shape index (κ1) is 17.8. The van der Waals surface area contributed by atoms with Crippen LogP contribution in [0.4, 0.5) is 5.69 Å². The molecule has 1 saturated heterocycles. The normalized spacial score (nSPS) is 22.7. The fourth-order valence-corrected chi connectivity index (χ4v) is 3.62. The van der Waals surface area contributed by atoms with Crippen LogP contribution >= 0.6 is 0 Å². The van der Waals surface area contributed by atoms with E-state index < -0.39 is 11.5 Å². The number of morpholine rings is 1. The van der Waals surface area contributed by atoms with E-state index in [0.717, 1.165) is 13.1 Å². The van der Waals surface area contributed by atoms with Crippen LogP contribution in [0.5, 0.6) is 0 Å². The minimum absolute atomic E-state index is 0.311. The number of aliphatic hydroxyl groups is 1. The Labute approximate surface area is 157 Å². The molecule has 1 fully saturated rings. The number of nitrogens with zero attached hydrogens (tertiary/aromatic N) is 3. The number of carbonyl (C=O) groups excluding carboxylic acids is 2. The van der Waals surface area contributed by atoms with Crippen LogP contribution in [0, 0.1) is 0 Å². The van der Waals surface area contributed by atoms with Gasteiger partial charge >= 0.3 is 0 Å². The molecule has 0 unspecified atom stereocenters. The SMILES string of the molecule is O=C(C[C@]1(O)C(=O)N(CN2CCOCC2)c2ccccc21)c1cccnc1. The van der Waals surface area contributed by atoms with Crippen molar-refractivity contribution in [1.29, 1.82) is 0 Å². The molecular weight excluding hydrogens is 346 g/mol. The van der Waals surface area contributed by atoms with Crippen LogP contribution in [0.25, 0.3) is 0 Å². The van der Waals surface area contributed by atoms with Crippen molar-refractivity contribution in [2.24, 2.45) is 0 Å². The largest absolute Gasteiger partial charge is 0.379 e. The van der Waals surface area contributed by atoms with Crippen LogP contribution in [0.2, 0.25) is 0 Å². The van der Waals surface area contributed by atoms with Gasteiger partial charge in [0.1, 0.15) is 0 Å². The molecule has 140 valence electrons. The first-order chi connectivity index (χ1) is 13.1. The van der Waals surface area contributed by atoms with Gasteiger partial charge in [0.2, 0.25) is 0 Å². The molecule has 1 aromatic heterocycles. The van der Waals surface area contributed by atoms with Crippen molar-refractivity contribution in [1.82, 2.24) is 9.88 Å². The Morgan fingerprint density at radius 3 is 2.70 bits per heavy atom. The molecule has 1 atom stereocenters. The number of ketones is 1. The lowest BCUT2D eigenvalue weighted by molar-refractivity contribution is -0.136. The number of aromatic nitrogens is 1. The number of pyridine rings is 1. The standard InChI is InChI=1S/C20H21N3O4/c24-18(15-4-3-7-21-13-15)12-20(26)16-5-1-2-6-17(16)23(19(20)25)14-22-8-10-27-11-9-22/h1-7,13,26H,8-12,14H2/t20-/m1/s1. The van der Waals surface area contributed by atoms with Crippen LogP contribution in [0.3, 0.4) is 0 Å². The Morgan fingerprint density at radius 2 is 1.96 bits per heavy atom. The predicted molar refractivity (Wildman–Crippen MR) is 98.3 cm³/mol. The zero-order chi connectivity index (χ0) is 18.9. The fraction of sp³-hybridized carbons (Fsp3) is 0.350. The summed E-state index contributed by atoms with van der Waals surface area (Å²) in [7, 11) is 0. The molecule has 1 N–H and O–H groups in total. The van der Waals surface area contributed by atoms with E-state index in [0.29, 0.717) is 36.7 Å². The third-order valence-corrected chi connectivity index (χ3v) is 5.08. The maximum atomic E-state index is 13.2. The minimum atomic E-state index is -1.87. The van der Waals surface area contributed by atoms with Crippen molar-refractivity contribution in [3.63, 3.8) is 0 Å². The monoisotopic (exact) mass is 367 g/mol. The van der Waals surface area contributed by atoms with Crippen molar-refractivity contribution in [3.8, 4) is 0 Å². The highest BCUT2D eigenvalue weighted by molar-refractivity contribution is 6.10. The molecule has 1 aromatic carbocycles. The number of ether oxygens (including phenoxy) is 1. The molecule has 0 radical (unpaired) electrons. The number of hydrogen-bond acceptors (Lipinski definition) is 6. The smallest absolute Gasteiger partial charge is 0.265 e. The van der Waals surface area contributed by atoms with E-state index in [1.165, 1.54) is 6.20 Å². The summed E-state index contributed by atoms with van der Waals surface area (Å²) in [6.45, 7) is 3.04. The number of Topliss-reactive ketones (excluding diaryl/α,β-unsaturated/α-hetero) is 1. The molecule has 0 aliphatic carbocycles. The maximum absolute atomic E-state index is 13.2. The van der Waals surface area contributed by atoms with Gasteiger partial charge in [-0.05, 0) is 18.2 Å². The molecule has 7 heteroatoms. The van der Waals surface area contributed by atoms with Crippen molar-refractivity contribution in [2.75, 3.05) is 37.9 Å². The number of hydrogen-bond donors (Lipinski definition) is 1. The lowest BCUT2D eigenvalue weighted by Crippen LogP contribution is -2.49. The van der Waals surface area contributed by atoms with Gasteiger partial charge in [-0.2, -0.15) is 0 Å². The predicted octanol–water partition coefficient (Wildman–Crippen LogP) is 1.18. The van der Waals surface area contributed by atoms with Gasteiger partial charge in [-0.1, -0.05) is 18.2 Å². The van der Waals surface area contributed by atoms with Gasteiger partial charge in [0.05, 0.1) is 32.0 Å². The number of para-hydroxylation sites is 1. The summed E-state index contributed by atoms with van der Waals surface area (Å²) in [6, 6.07) is 10.4. The molecule has 0 saturated carbocycles. The number of anilines is 1. The summed E-state index contributed by atoms with van der Waals surface area (Å²) in [5, 5.41) is 11.3. The first-order valence-corrected chi connectivity index (χ1v) is 8.97. The lowest BCUT2D eigenvalue weighted by atomic mass is 9.88. The minimum Gasteiger partial charge on any atom is -0.379 e. The number of rotatable bonds is 5. The Bertz CT molecular complexity index is 851. The number of benzene rings is 1. The fourth-order valence-electron chi connectivity index (χ4n) is 3.62. The van der Waals surface area contributed by atoms with Gasteiger partial charge in [-0.25, -0.2) is 0 Å². The van der Waals surface area contributed by atoms with Gasteiger partial charge in [0.15, 0.2) is 11.4 Å². The summed E-state index contributed by atoms with van der Waals surface area (Å²) in [5.74, 6) is -0.783. The van der Waals surface area contributed by atoms with Crippen LogP contribution in [-0.2, 0) is 15.1 Å². The van der Waals surface area contributed by atoms with Gasteiger partial charge in [-0.3, -0.25) is 24.4 Å². The van der Waals surface area contributed by atoms with E-state index in [1.807, 2.05) is 6.07 Å². The highest BCUT2D eigenvalue weighted by atomic mass is 16.5. The summed E-state index contributed by atoms with van der Waals surface area (Å²) in [5.41, 5.74) is -0.366. The summed E-state index contributed by atoms with van der Waals surface area (Å²) >= 11 is 0. The van der Waals surface area contributed by atoms with Gasteiger partial charge in [0, 0.05) is 36.6 Å². The van der Waals surface area contributed by atoms with E-state index in [4.69, 9.17) is 4.74 Å². The summed E-state index contributed by atoms with van der Waals surface area (Å²) in [4.78, 5) is 33.4. The molecule has 27 heavy (non-hydrogen) atoms. The molecule has 1 amide bonds. The first-order valence-electron chi connectivity index (χ1n) is 8.97. The van der Waals surface area contributed by atoms with Gasteiger partial charge in [0.25, 0.3) is 5.91 Å². The topological polar surface area (TPSA) is 83.0 Å².